The molecule has 2 saturated heterocycles. The number of aliphatic hydroxyl groups is 1. The summed E-state index contributed by atoms with van der Waals surface area (Å²) in [6.07, 6.45) is -2.28. The zero-order valence-corrected chi connectivity index (χ0v) is 40.0. The van der Waals surface area contributed by atoms with Crippen molar-refractivity contribution >= 4 is 26.8 Å². The number of hydrogen-bond donors (Lipinski definition) is 2. The predicted octanol–water partition coefficient (Wildman–Crippen LogP) is 3.60. The Kier molecular flexibility index (Phi) is 13.6. The first-order valence-electron chi connectivity index (χ1n) is 20.4. The molecule has 3 aliphatic rings. The summed E-state index contributed by atoms with van der Waals surface area (Å²) in [4.78, 5) is 57.8. The van der Waals surface area contributed by atoms with Gasteiger partial charge in [0.2, 0.25) is 0 Å². The van der Waals surface area contributed by atoms with E-state index in [0.717, 1.165) is 14.5 Å². The fourth-order valence-corrected chi connectivity index (χ4v) is 10.8. The summed E-state index contributed by atoms with van der Waals surface area (Å²) in [5, 5.41) is 13.6. The molecule has 0 radical (unpaired) electrons. The van der Waals surface area contributed by atoms with Crippen LogP contribution in [-0.2, 0) is 45.7 Å². The van der Waals surface area contributed by atoms with Crippen LogP contribution in [0.5, 0.6) is 0 Å². The number of aryl methyl sites for hydroxylation is 2. The third-order valence-electron chi connectivity index (χ3n) is 13.0. The molecule has 0 aromatic carbocycles. The summed E-state index contributed by atoms with van der Waals surface area (Å²) >= 11 is 0. The van der Waals surface area contributed by atoms with E-state index >= 15 is 0 Å². The van der Waals surface area contributed by atoms with Gasteiger partial charge in [-0.15, -0.1) is 0 Å². The van der Waals surface area contributed by atoms with Gasteiger partial charge in [0.05, 0.1) is 36.5 Å². The van der Waals surface area contributed by atoms with E-state index in [-0.39, 0.29) is 60.8 Å². The third kappa shape index (κ3) is 9.22. The van der Waals surface area contributed by atoms with Crippen LogP contribution in [0.4, 0.5) is 0 Å². The number of rotatable bonds is 14. The Morgan fingerprint density at radius 1 is 0.918 bits per heavy atom. The van der Waals surface area contributed by atoms with Gasteiger partial charge >= 0.3 is 11.4 Å². The first-order chi connectivity index (χ1) is 28.0. The lowest BCUT2D eigenvalue weighted by atomic mass is 9.89. The first kappa shape index (κ1) is 48.4. The standard InChI is InChI=1S/C38H62N8O12SSi2/c1-23-18-45(29-17-25(41-42-40)26(20-47)55-29)34(50)43(31(23)48)15-13-14-16-44-32(49)24(2)19-46(35(44)51)33-30(57-61(11,12)37(6,7)8)38(27(39)22-59(52,53)58-38)28(56-33)21-54-60(9,10)36(3,4)5/h18-19,22,25-26,28-30,33,47H,13-17,20-21,39H2,1-12H3/t25?,26-,28-,29-,30+,33-,38-/m1/s1. The average molecular weight is 911 g/mol. The molecule has 340 valence electrons. The fourth-order valence-electron chi connectivity index (χ4n) is 7.29. The largest absolute Gasteiger partial charge is 0.414 e. The summed E-state index contributed by atoms with van der Waals surface area (Å²) in [6, 6.07) is -0.715. The number of nitrogens with two attached hydrogens (primary N) is 1. The smallest absolute Gasteiger partial charge is 0.333 e. The minimum absolute atomic E-state index is 0.0615. The van der Waals surface area contributed by atoms with Crippen molar-refractivity contribution < 1.29 is 36.0 Å². The fraction of sp³-hybridized carbons (Fsp3) is 0.737. The van der Waals surface area contributed by atoms with E-state index < -0.39 is 103 Å². The topological polar surface area (TPSA) is 263 Å². The molecular formula is C38H62N8O12SSi2. The molecule has 2 aromatic rings. The Bertz CT molecular complexity index is 2440. The van der Waals surface area contributed by atoms with Crippen molar-refractivity contribution in [2.24, 2.45) is 10.8 Å². The van der Waals surface area contributed by atoms with Crippen molar-refractivity contribution in [3.63, 3.8) is 0 Å². The van der Waals surface area contributed by atoms with Gasteiger partial charge in [0.25, 0.3) is 21.2 Å². The summed E-state index contributed by atoms with van der Waals surface area (Å²) in [7, 11) is -9.63. The number of aliphatic hydroxyl groups excluding tert-OH is 1. The molecule has 5 heterocycles. The molecule has 20 nitrogen and oxygen atoms in total. The molecule has 61 heavy (non-hydrogen) atoms. The van der Waals surface area contributed by atoms with E-state index in [0.29, 0.717) is 0 Å². The van der Waals surface area contributed by atoms with Crippen LogP contribution in [0.2, 0.25) is 36.3 Å². The second-order valence-electron chi connectivity index (χ2n) is 19.3. The Hall–Kier alpha value is -3.65. The monoisotopic (exact) mass is 910 g/mol. The zero-order chi connectivity index (χ0) is 45.8. The summed E-state index contributed by atoms with van der Waals surface area (Å²) < 4.78 is 63.0. The highest BCUT2D eigenvalue weighted by molar-refractivity contribution is 7.90. The van der Waals surface area contributed by atoms with Gasteiger partial charge in [-0.25, -0.2) is 13.8 Å². The normalized spacial score (nSPS) is 26.8. The molecule has 2 fully saturated rings. The third-order valence-corrected chi connectivity index (χ3v) is 23.0. The van der Waals surface area contributed by atoms with Crippen LogP contribution in [0.25, 0.3) is 10.4 Å². The SMILES string of the molecule is Cc1cn([C@@H]2O[C@H](CO[Si](C)(C)C(C)(C)C)[C@@]3(OS(=O)(=O)C=C3N)[C@H]2O[Si](C)(C)C(C)(C)C)c(=O)n(CCCCn2c(=O)c(C)cn([C@H]3CC(N=[N+]=[N-])[C@@H](CO)O3)c2=O)c1=O. The maximum Gasteiger partial charge on any atom is 0.333 e. The van der Waals surface area contributed by atoms with Crippen molar-refractivity contribution in [2.75, 3.05) is 13.2 Å². The second kappa shape index (κ2) is 17.1. The van der Waals surface area contributed by atoms with Crippen LogP contribution in [0, 0.1) is 13.8 Å². The first-order valence-corrected chi connectivity index (χ1v) is 27.7. The highest BCUT2D eigenvalue weighted by Crippen LogP contribution is 2.52. The average Bonchev–Trinajstić information content (AvgIpc) is 3.76. The summed E-state index contributed by atoms with van der Waals surface area (Å²) in [6.45, 7) is 22.6. The second-order valence-corrected chi connectivity index (χ2v) is 30.2. The number of aromatic nitrogens is 4. The van der Waals surface area contributed by atoms with E-state index in [4.69, 9.17) is 33.8 Å². The van der Waals surface area contributed by atoms with Crippen LogP contribution in [0.3, 0.4) is 0 Å². The molecule has 3 N–H and O–H groups in total. The Balaban J connectivity index is 1.50. The molecule has 3 aliphatic heterocycles. The van der Waals surface area contributed by atoms with E-state index in [1.807, 2.05) is 47.0 Å². The highest BCUT2D eigenvalue weighted by Gasteiger charge is 2.67. The van der Waals surface area contributed by atoms with Gasteiger partial charge in [0, 0.05) is 47.9 Å². The van der Waals surface area contributed by atoms with Crippen LogP contribution >= 0.6 is 0 Å². The number of azide groups is 1. The molecule has 23 heteroatoms. The minimum atomic E-state index is -4.33. The maximum absolute atomic E-state index is 14.5. The predicted molar refractivity (Wildman–Crippen MR) is 231 cm³/mol. The molecule has 1 spiro atoms. The molecule has 0 aliphatic carbocycles. The number of ether oxygens (including phenoxy) is 2. The number of hydrogen-bond acceptors (Lipinski definition) is 14. The maximum atomic E-state index is 14.5. The van der Waals surface area contributed by atoms with Crippen LogP contribution < -0.4 is 28.2 Å². The molecule has 0 bridgehead atoms. The van der Waals surface area contributed by atoms with Gasteiger partial charge in [-0.2, -0.15) is 8.42 Å². The van der Waals surface area contributed by atoms with E-state index in [2.05, 4.69) is 30.8 Å². The van der Waals surface area contributed by atoms with E-state index in [1.54, 1.807) is 13.8 Å². The molecule has 0 saturated carbocycles. The quantitative estimate of drug-likeness (QED) is 0.0687. The van der Waals surface area contributed by atoms with E-state index in [9.17, 15) is 32.7 Å². The van der Waals surface area contributed by atoms with Crippen molar-refractivity contribution in [2.45, 2.75) is 166 Å². The number of nitrogens with zero attached hydrogens (tertiary/aromatic N) is 7. The van der Waals surface area contributed by atoms with E-state index in [1.165, 1.54) is 21.5 Å². The molecule has 0 amide bonds. The van der Waals surface area contributed by atoms with Gasteiger partial charge in [-0.1, -0.05) is 46.7 Å². The van der Waals surface area contributed by atoms with Crippen LogP contribution in [0.15, 0.2) is 47.8 Å². The lowest BCUT2D eigenvalue weighted by molar-refractivity contribution is -0.0567. The molecule has 5 rings (SSSR count). The molecule has 2 aromatic heterocycles. The lowest BCUT2D eigenvalue weighted by Crippen LogP contribution is -2.59. The van der Waals surface area contributed by atoms with Crippen molar-refractivity contribution in [3.05, 3.63) is 86.7 Å². The van der Waals surface area contributed by atoms with Crippen molar-refractivity contribution in [3.8, 4) is 0 Å². The minimum Gasteiger partial charge on any atom is -0.414 e. The molecule has 7 atom stereocenters. The molecular weight excluding hydrogens is 849 g/mol. The Morgan fingerprint density at radius 2 is 1.44 bits per heavy atom. The summed E-state index contributed by atoms with van der Waals surface area (Å²) in [5.41, 5.74) is 11.4. The van der Waals surface area contributed by atoms with Crippen LogP contribution in [0.1, 0.15) is 84.4 Å². The van der Waals surface area contributed by atoms with Crippen molar-refractivity contribution in [1.82, 2.24) is 18.3 Å². The lowest BCUT2D eigenvalue weighted by Gasteiger charge is -2.43. The number of unbranched alkanes of at least 4 members (excludes halogenated alkanes) is 1. The van der Waals surface area contributed by atoms with Gasteiger partial charge in [-0.05, 0) is 68.5 Å². The van der Waals surface area contributed by atoms with Gasteiger partial charge in [0.15, 0.2) is 28.5 Å². The molecule has 1 unspecified atom stereocenters. The van der Waals surface area contributed by atoms with Gasteiger partial charge in [-0.3, -0.25) is 27.9 Å². The summed E-state index contributed by atoms with van der Waals surface area (Å²) in [5.74, 6) is 0. The Morgan fingerprint density at radius 3 is 1.92 bits per heavy atom. The van der Waals surface area contributed by atoms with Gasteiger partial charge in [0.1, 0.15) is 18.4 Å². The Labute approximate surface area is 357 Å². The van der Waals surface area contributed by atoms with Gasteiger partial charge < -0.3 is 29.2 Å². The van der Waals surface area contributed by atoms with Crippen molar-refractivity contribution in [1.29, 1.82) is 0 Å². The van der Waals surface area contributed by atoms with Crippen LogP contribution in [-0.4, -0.2) is 91.6 Å². The zero-order valence-electron chi connectivity index (χ0n) is 37.2. The highest BCUT2D eigenvalue weighted by atomic mass is 32.2.